The fourth-order valence-electron chi connectivity index (χ4n) is 2.22. The van der Waals surface area contributed by atoms with Gasteiger partial charge in [-0.3, -0.25) is 14.9 Å². The van der Waals surface area contributed by atoms with Gasteiger partial charge in [-0.2, -0.15) is 0 Å². The standard InChI is InChI=1S/C8H7NO3.H2/c10-7-5-3-1-2-4(12-3)6(5)8(11)9-7;/h1-6H,(H,9,10,11);1H. The van der Waals surface area contributed by atoms with Crippen LogP contribution in [0.25, 0.3) is 0 Å². The summed E-state index contributed by atoms with van der Waals surface area (Å²) in [5.41, 5.74) is 0. The number of ether oxygens (including phenoxy) is 1. The molecule has 3 aliphatic heterocycles. The second kappa shape index (κ2) is 1.77. The van der Waals surface area contributed by atoms with E-state index in [2.05, 4.69) is 5.32 Å². The van der Waals surface area contributed by atoms with Crippen LogP contribution in [-0.2, 0) is 14.3 Å². The number of fused-ring (bicyclic) bond motifs is 5. The average molecular weight is 167 g/mol. The quantitative estimate of drug-likeness (QED) is 0.389. The fourth-order valence-corrected chi connectivity index (χ4v) is 2.22. The minimum absolute atomic E-state index is 0. The summed E-state index contributed by atoms with van der Waals surface area (Å²) in [5, 5.41) is 2.32. The first kappa shape index (κ1) is 6.37. The lowest BCUT2D eigenvalue weighted by molar-refractivity contribution is -0.128. The molecule has 4 heteroatoms. The average Bonchev–Trinajstić information content (AvgIpc) is 2.64. The number of imide groups is 1. The zero-order chi connectivity index (χ0) is 8.29. The SMILES string of the molecule is O=C1NC(=O)C2C3C=CC(O3)C12.[HH]. The van der Waals surface area contributed by atoms with Gasteiger partial charge in [0.15, 0.2) is 0 Å². The molecule has 4 nitrogen and oxygen atoms in total. The van der Waals surface area contributed by atoms with Crippen LogP contribution in [0.15, 0.2) is 12.2 Å². The van der Waals surface area contributed by atoms with Crippen LogP contribution in [0.1, 0.15) is 1.43 Å². The van der Waals surface area contributed by atoms with Gasteiger partial charge in [-0.15, -0.1) is 0 Å². The van der Waals surface area contributed by atoms with E-state index in [1.54, 1.807) is 0 Å². The maximum absolute atomic E-state index is 11.2. The molecule has 3 rings (SSSR count). The Balaban J connectivity index is 0.000000653. The van der Waals surface area contributed by atoms with E-state index in [4.69, 9.17) is 4.74 Å². The zero-order valence-corrected chi connectivity index (χ0v) is 6.19. The topological polar surface area (TPSA) is 55.4 Å². The summed E-state index contributed by atoms with van der Waals surface area (Å²) < 4.78 is 5.39. The van der Waals surface area contributed by atoms with Crippen LogP contribution in [0.2, 0.25) is 0 Å². The van der Waals surface area contributed by atoms with Crippen molar-refractivity contribution in [1.82, 2.24) is 5.32 Å². The highest BCUT2D eigenvalue weighted by Crippen LogP contribution is 2.41. The molecule has 3 aliphatic rings. The third-order valence-corrected chi connectivity index (χ3v) is 2.75. The molecule has 0 aliphatic carbocycles. The molecule has 12 heavy (non-hydrogen) atoms. The highest BCUT2D eigenvalue weighted by atomic mass is 16.5. The van der Waals surface area contributed by atoms with Gasteiger partial charge in [-0.25, -0.2) is 0 Å². The van der Waals surface area contributed by atoms with Crippen molar-refractivity contribution in [3.63, 3.8) is 0 Å². The molecule has 0 radical (unpaired) electrons. The third-order valence-electron chi connectivity index (χ3n) is 2.75. The van der Waals surface area contributed by atoms with Crippen LogP contribution < -0.4 is 5.32 Å². The predicted octanol–water partition coefficient (Wildman–Crippen LogP) is -0.542. The summed E-state index contributed by atoms with van der Waals surface area (Å²) in [5.74, 6) is -0.872. The van der Waals surface area contributed by atoms with Crippen molar-refractivity contribution in [2.75, 3.05) is 0 Å². The maximum atomic E-state index is 11.2. The molecule has 2 saturated heterocycles. The number of nitrogens with one attached hydrogen (secondary N) is 1. The Morgan fingerprint density at radius 2 is 1.67 bits per heavy atom. The number of carbonyl (C=O) groups is 2. The molecule has 1 N–H and O–H groups in total. The van der Waals surface area contributed by atoms with Crippen molar-refractivity contribution >= 4 is 11.8 Å². The van der Waals surface area contributed by atoms with E-state index in [0.717, 1.165) is 0 Å². The zero-order valence-electron chi connectivity index (χ0n) is 6.19. The van der Waals surface area contributed by atoms with Gasteiger partial charge in [0, 0.05) is 1.43 Å². The molecule has 0 saturated carbocycles. The van der Waals surface area contributed by atoms with Crippen LogP contribution in [0.5, 0.6) is 0 Å². The summed E-state index contributed by atoms with van der Waals surface area (Å²) >= 11 is 0. The lowest BCUT2D eigenvalue weighted by Gasteiger charge is -2.10. The van der Waals surface area contributed by atoms with Crippen molar-refractivity contribution in [3.05, 3.63) is 12.2 Å². The monoisotopic (exact) mass is 167 g/mol. The van der Waals surface area contributed by atoms with E-state index in [9.17, 15) is 9.59 Å². The largest absolute Gasteiger partial charge is 0.365 e. The van der Waals surface area contributed by atoms with Crippen LogP contribution in [-0.4, -0.2) is 24.0 Å². The molecular weight excluding hydrogens is 158 g/mol. The molecule has 0 spiro atoms. The summed E-state index contributed by atoms with van der Waals surface area (Å²) in [6.45, 7) is 0. The number of rotatable bonds is 0. The molecule has 3 heterocycles. The first-order chi connectivity index (χ1) is 5.77. The molecule has 0 aromatic heterocycles. The molecule has 2 fully saturated rings. The highest BCUT2D eigenvalue weighted by molar-refractivity contribution is 6.06. The van der Waals surface area contributed by atoms with E-state index in [1.807, 2.05) is 12.2 Å². The highest BCUT2D eigenvalue weighted by Gasteiger charge is 2.57. The first-order valence-corrected chi connectivity index (χ1v) is 3.96. The molecule has 4 atom stereocenters. The van der Waals surface area contributed by atoms with Crippen molar-refractivity contribution in [1.29, 1.82) is 0 Å². The Hall–Kier alpha value is -1.16. The first-order valence-electron chi connectivity index (χ1n) is 3.96. The van der Waals surface area contributed by atoms with Gasteiger partial charge in [0.05, 0.1) is 24.0 Å². The summed E-state index contributed by atoms with van der Waals surface area (Å²) in [7, 11) is 0. The lowest BCUT2D eigenvalue weighted by atomic mass is 9.85. The Labute approximate surface area is 70.1 Å². The molecule has 0 aromatic carbocycles. The minimum atomic E-state index is -0.257. The van der Waals surface area contributed by atoms with Gasteiger partial charge in [0.2, 0.25) is 11.8 Å². The molecule has 2 bridgehead atoms. The Bertz CT molecular complexity index is 287. The van der Waals surface area contributed by atoms with Crippen molar-refractivity contribution in [2.45, 2.75) is 12.2 Å². The van der Waals surface area contributed by atoms with E-state index in [1.165, 1.54) is 0 Å². The van der Waals surface area contributed by atoms with E-state index in [-0.39, 0.29) is 37.3 Å². The van der Waals surface area contributed by atoms with Gasteiger partial charge in [0.1, 0.15) is 0 Å². The normalized spacial score (nSPS) is 48.3. The number of amides is 2. The molecule has 0 aromatic rings. The van der Waals surface area contributed by atoms with Gasteiger partial charge >= 0.3 is 0 Å². The van der Waals surface area contributed by atoms with Crippen LogP contribution in [0.3, 0.4) is 0 Å². The van der Waals surface area contributed by atoms with E-state index < -0.39 is 0 Å². The van der Waals surface area contributed by atoms with Crippen molar-refractivity contribution < 1.29 is 15.8 Å². The van der Waals surface area contributed by atoms with Crippen LogP contribution in [0, 0.1) is 11.8 Å². The van der Waals surface area contributed by atoms with Crippen LogP contribution in [0.4, 0.5) is 0 Å². The van der Waals surface area contributed by atoms with Crippen LogP contribution >= 0.6 is 0 Å². The number of carbonyl (C=O) groups excluding carboxylic acids is 2. The maximum Gasteiger partial charge on any atom is 0.233 e. The number of hydrogen-bond donors (Lipinski definition) is 1. The van der Waals surface area contributed by atoms with E-state index >= 15 is 0 Å². The second-order valence-electron chi connectivity index (χ2n) is 3.36. The molecule has 4 unspecified atom stereocenters. The van der Waals surface area contributed by atoms with Gasteiger partial charge in [-0.1, -0.05) is 12.2 Å². The minimum Gasteiger partial charge on any atom is -0.365 e. The lowest BCUT2D eigenvalue weighted by Crippen LogP contribution is -2.27. The fraction of sp³-hybridized carbons (Fsp3) is 0.500. The Kier molecular flexibility index (Phi) is 0.939. The van der Waals surface area contributed by atoms with Gasteiger partial charge in [-0.05, 0) is 0 Å². The molecular formula is C8H9NO3. The predicted molar refractivity (Wildman–Crippen MR) is 40.0 cm³/mol. The third kappa shape index (κ3) is 0.536. The Morgan fingerprint density at radius 3 is 2.17 bits per heavy atom. The molecule has 2 amide bonds. The summed E-state index contributed by atoms with van der Waals surface area (Å²) in [6.07, 6.45) is 3.41. The number of hydrogen-bond acceptors (Lipinski definition) is 3. The smallest absolute Gasteiger partial charge is 0.233 e. The van der Waals surface area contributed by atoms with Gasteiger partial charge in [0.25, 0.3) is 0 Å². The molecule has 64 valence electrons. The summed E-state index contributed by atoms with van der Waals surface area (Å²) in [4.78, 5) is 22.4. The second-order valence-corrected chi connectivity index (χ2v) is 3.36. The summed E-state index contributed by atoms with van der Waals surface area (Å²) in [6, 6.07) is 0. The van der Waals surface area contributed by atoms with Crippen molar-refractivity contribution in [3.8, 4) is 0 Å². The Morgan fingerprint density at radius 1 is 1.17 bits per heavy atom. The van der Waals surface area contributed by atoms with E-state index in [0.29, 0.717) is 0 Å². The van der Waals surface area contributed by atoms with Gasteiger partial charge < -0.3 is 4.74 Å². The van der Waals surface area contributed by atoms with Crippen molar-refractivity contribution in [2.24, 2.45) is 11.8 Å².